The van der Waals surface area contributed by atoms with Crippen LogP contribution in [0, 0.1) is 11.8 Å². The van der Waals surface area contributed by atoms with Gasteiger partial charge >= 0.3 is 0 Å². The summed E-state index contributed by atoms with van der Waals surface area (Å²) in [7, 11) is 0. The predicted molar refractivity (Wildman–Crippen MR) is 189 cm³/mol. The maximum absolute atomic E-state index is 14.6. The monoisotopic (exact) mass is 766 g/mol. The summed E-state index contributed by atoms with van der Waals surface area (Å²) in [6, 6.07) is 27.2. The minimum Gasteiger partial charge on any atom is -0.274 e. The molecule has 4 aliphatic heterocycles. The van der Waals surface area contributed by atoms with Gasteiger partial charge in [-0.3, -0.25) is 19.2 Å². The number of rotatable bonds is 6. The van der Waals surface area contributed by atoms with Gasteiger partial charge in [0.2, 0.25) is 11.8 Å². The van der Waals surface area contributed by atoms with E-state index in [0.717, 1.165) is 44.0 Å². The van der Waals surface area contributed by atoms with Gasteiger partial charge in [-0.15, -0.1) is 0 Å². The van der Waals surface area contributed by atoms with Gasteiger partial charge in [0.05, 0.1) is 35.3 Å². The molecule has 4 heterocycles. The Kier molecular flexibility index (Phi) is 7.75. The molecular formula is C38H32Br2N4O4. The molecule has 0 N–H and O–H groups in total. The second-order valence-electron chi connectivity index (χ2n) is 12.8. The van der Waals surface area contributed by atoms with Gasteiger partial charge in [-0.05, 0) is 83.6 Å². The molecular weight excluding hydrogens is 736 g/mol. The van der Waals surface area contributed by atoms with Crippen molar-refractivity contribution >= 4 is 66.9 Å². The smallest absolute Gasteiger partial charge is 0.253 e. The van der Waals surface area contributed by atoms with Gasteiger partial charge in [0.25, 0.3) is 11.8 Å². The molecule has 6 unspecified atom stereocenters. The Bertz CT molecular complexity index is 1810. The second-order valence-corrected chi connectivity index (χ2v) is 14.6. The van der Waals surface area contributed by atoms with Crippen molar-refractivity contribution in [1.29, 1.82) is 0 Å². The van der Waals surface area contributed by atoms with Crippen LogP contribution >= 0.6 is 31.9 Å². The summed E-state index contributed by atoms with van der Waals surface area (Å²) in [6.45, 7) is 4.11. The summed E-state index contributed by atoms with van der Waals surface area (Å²) in [5.74, 6) is -2.94. The Morgan fingerprint density at radius 1 is 0.458 bits per heavy atom. The molecule has 8 rings (SSSR count). The highest BCUT2D eigenvalue weighted by atomic mass is 79.9. The molecule has 242 valence electrons. The average Bonchev–Trinajstić information content (AvgIpc) is 3.77. The lowest BCUT2D eigenvalue weighted by atomic mass is 9.84. The summed E-state index contributed by atoms with van der Waals surface area (Å²) in [5.41, 5.74) is 4.83. The molecule has 48 heavy (non-hydrogen) atoms. The first kappa shape index (κ1) is 31.3. The second kappa shape index (κ2) is 11.9. The van der Waals surface area contributed by atoms with Crippen molar-refractivity contribution in [2.24, 2.45) is 11.8 Å². The van der Waals surface area contributed by atoms with Crippen LogP contribution in [0.5, 0.6) is 0 Å². The number of hydrogen-bond donors (Lipinski definition) is 0. The third kappa shape index (κ3) is 4.60. The van der Waals surface area contributed by atoms with Gasteiger partial charge < -0.3 is 0 Å². The summed E-state index contributed by atoms with van der Waals surface area (Å²) in [5, 5.41) is 3.81. The molecule has 0 aromatic heterocycles. The SMILES string of the molecule is CCc1ccc(N2C(=O)C3C(C2=O)N2C(c4ccc(Br)cc4)C4C(=O)N(c5ccc(CC)cc5)C(=O)C4N2C3c2ccc(Br)cc2)cc1. The number of hydrazine groups is 1. The Labute approximate surface area is 295 Å². The predicted octanol–water partition coefficient (Wildman–Crippen LogP) is 6.78. The number of carbonyl (C=O) groups is 4. The Morgan fingerprint density at radius 3 is 1.10 bits per heavy atom. The molecule has 0 spiro atoms. The van der Waals surface area contributed by atoms with Crippen LogP contribution in [-0.4, -0.2) is 45.7 Å². The maximum atomic E-state index is 14.6. The lowest BCUT2D eigenvalue weighted by Gasteiger charge is -2.35. The Balaban J connectivity index is 1.30. The highest BCUT2D eigenvalue weighted by molar-refractivity contribution is 9.10. The van der Waals surface area contributed by atoms with E-state index in [1.165, 1.54) is 9.80 Å². The molecule has 0 radical (unpaired) electrons. The quantitative estimate of drug-likeness (QED) is 0.202. The van der Waals surface area contributed by atoms with E-state index >= 15 is 0 Å². The van der Waals surface area contributed by atoms with Crippen LogP contribution < -0.4 is 9.80 Å². The third-order valence-corrected chi connectivity index (χ3v) is 11.4. The van der Waals surface area contributed by atoms with Crippen LogP contribution in [0.25, 0.3) is 0 Å². The first-order valence-electron chi connectivity index (χ1n) is 16.2. The number of fused-ring (bicyclic) bond motifs is 5. The van der Waals surface area contributed by atoms with Crippen molar-refractivity contribution < 1.29 is 19.2 Å². The highest BCUT2D eigenvalue weighted by Gasteiger charge is 2.73. The van der Waals surface area contributed by atoms with E-state index in [1.807, 2.05) is 107 Å². The van der Waals surface area contributed by atoms with E-state index in [0.29, 0.717) is 11.4 Å². The molecule has 0 saturated carbocycles. The van der Waals surface area contributed by atoms with E-state index in [4.69, 9.17) is 0 Å². The van der Waals surface area contributed by atoms with Gasteiger partial charge in [0.1, 0.15) is 12.1 Å². The summed E-state index contributed by atoms with van der Waals surface area (Å²) in [4.78, 5) is 61.0. The van der Waals surface area contributed by atoms with Crippen molar-refractivity contribution in [3.05, 3.63) is 128 Å². The molecule has 0 bridgehead atoms. The standard InChI is InChI=1S/C38H32Br2N4O4/c1-3-21-5-17-27(18-6-21)41-35(45)29-31(23-9-13-25(39)14-10-23)44-34-30(36(46)42(38(34)48)28-19-7-22(4-2)8-20-28)32(43(44)33(29)37(41)47)24-11-15-26(40)16-12-24/h5-20,29-34H,3-4H2,1-2H3. The molecule has 10 heteroatoms. The molecule has 4 aromatic carbocycles. The molecule has 4 saturated heterocycles. The van der Waals surface area contributed by atoms with E-state index in [-0.39, 0.29) is 23.6 Å². The third-order valence-electron chi connectivity index (χ3n) is 10.4. The normalized spacial score (nSPS) is 26.8. The van der Waals surface area contributed by atoms with E-state index in [2.05, 4.69) is 45.7 Å². The van der Waals surface area contributed by atoms with Gasteiger partial charge in [-0.1, -0.05) is 94.2 Å². The molecule has 4 amide bonds. The average molecular weight is 769 g/mol. The molecule has 4 aliphatic rings. The topological polar surface area (TPSA) is 81.2 Å². The zero-order valence-corrected chi connectivity index (χ0v) is 29.5. The maximum Gasteiger partial charge on any atom is 0.253 e. The number of carbonyl (C=O) groups excluding carboxylic acids is 4. The number of nitrogens with zero attached hydrogens (tertiary/aromatic N) is 4. The first-order chi connectivity index (χ1) is 23.2. The fourth-order valence-electron chi connectivity index (χ4n) is 8.09. The van der Waals surface area contributed by atoms with Gasteiger partial charge in [-0.25, -0.2) is 19.8 Å². The highest BCUT2D eigenvalue weighted by Crippen LogP contribution is 2.59. The Morgan fingerprint density at radius 2 is 0.792 bits per heavy atom. The van der Waals surface area contributed by atoms with Crippen molar-refractivity contribution in [3.8, 4) is 0 Å². The number of hydrogen-bond acceptors (Lipinski definition) is 6. The molecule has 0 aliphatic carbocycles. The van der Waals surface area contributed by atoms with Crippen LogP contribution in [-0.2, 0) is 32.0 Å². The van der Waals surface area contributed by atoms with E-state index in [9.17, 15) is 19.2 Å². The largest absolute Gasteiger partial charge is 0.274 e. The molecule has 6 atom stereocenters. The number of halogens is 2. The van der Waals surface area contributed by atoms with E-state index in [1.54, 1.807) is 0 Å². The van der Waals surface area contributed by atoms with Crippen molar-refractivity contribution in [1.82, 2.24) is 10.0 Å². The van der Waals surface area contributed by atoms with Gasteiger partial charge in [0.15, 0.2) is 0 Å². The fraction of sp³-hybridized carbons (Fsp3) is 0.263. The van der Waals surface area contributed by atoms with Crippen molar-refractivity contribution in [3.63, 3.8) is 0 Å². The van der Waals surface area contributed by atoms with Crippen molar-refractivity contribution in [2.45, 2.75) is 50.9 Å². The minimum absolute atomic E-state index is 0.313. The molecule has 8 nitrogen and oxygen atoms in total. The number of anilines is 2. The first-order valence-corrected chi connectivity index (χ1v) is 17.8. The zero-order chi connectivity index (χ0) is 33.4. The molecule has 4 fully saturated rings. The number of amides is 4. The van der Waals surface area contributed by atoms with Crippen LogP contribution in [0.4, 0.5) is 11.4 Å². The Hall–Kier alpha value is -3.96. The summed E-state index contributed by atoms with van der Waals surface area (Å²) >= 11 is 7.06. The fourth-order valence-corrected chi connectivity index (χ4v) is 8.62. The molecule has 4 aromatic rings. The van der Waals surface area contributed by atoms with Gasteiger partial charge in [0, 0.05) is 8.95 Å². The number of aryl methyl sites for hydroxylation is 2. The number of imide groups is 2. The minimum atomic E-state index is -0.908. The van der Waals surface area contributed by atoms with E-state index < -0.39 is 36.0 Å². The summed E-state index contributed by atoms with van der Waals surface area (Å²) in [6.07, 6.45) is 1.67. The summed E-state index contributed by atoms with van der Waals surface area (Å²) < 4.78 is 1.73. The van der Waals surface area contributed by atoms with Crippen LogP contribution in [0.15, 0.2) is 106 Å². The number of benzene rings is 4. The lowest BCUT2D eigenvalue weighted by molar-refractivity contribution is -0.136. The lowest BCUT2D eigenvalue weighted by Crippen LogP contribution is -2.50. The van der Waals surface area contributed by atoms with Crippen molar-refractivity contribution in [2.75, 3.05) is 9.80 Å². The zero-order valence-electron chi connectivity index (χ0n) is 26.3. The van der Waals surface area contributed by atoms with Crippen LogP contribution in [0.1, 0.15) is 48.2 Å². The van der Waals surface area contributed by atoms with Crippen LogP contribution in [0.3, 0.4) is 0 Å². The van der Waals surface area contributed by atoms with Crippen LogP contribution in [0.2, 0.25) is 0 Å². The van der Waals surface area contributed by atoms with Gasteiger partial charge in [-0.2, -0.15) is 0 Å².